The first-order chi connectivity index (χ1) is 11.5. The molecular formula is C18H26S6. The van der Waals surface area contributed by atoms with Gasteiger partial charge >= 0.3 is 0 Å². The Morgan fingerprint density at radius 1 is 0.708 bits per heavy atom. The minimum atomic E-state index is 1.19. The minimum Gasteiger partial charge on any atom is -0.122 e. The first kappa shape index (κ1) is 21.4. The highest BCUT2D eigenvalue weighted by Gasteiger charge is 2.26. The molecule has 0 unspecified atom stereocenters. The van der Waals surface area contributed by atoms with Gasteiger partial charge in [-0.1, -0.05) is 73.7 Å². The van der Waals surface area contributed by atoms with Gasteiger partial charge < -0.3 is 0 Å². The molecule has 0 nitrogen and oxygen atoms in total. The monoisotopic (exact) mass is 434 g/mol. The Morgan fingerprint density at radius 3 is 1.33 bits per heavy atom. The van der Waals surface area contributed by atoms with Crippen molar-refractivity contribution in [1.82, 2.24) is 0 Å². The maximum atomic E-state index is 2.31. The van der Waals surface area contributed by atoms with Crippen LogP contribution in [0, 0.1) is 0 Å². The van der Waals surface area contributed by atoms with E-state index in [1.54, 1.807) is 11.1 Å². The largest absolute Gasteiger partial charge is 0.122 e. The van der Waals surface area contributed by atoms with E-state index in [1.165, 1.54) is 52.4 Å². The summed E-state index contributed by atoms with van der Waals surface area (Å²) in [7, 11) is 0. The van der Waals surface area contributed by atoms with Crippen molar-refractivity contribution < 1.29 is 0 Å². The van der Waals surface area contributed by atoms with Gasteiger partial charge in [-0.15, -0.1) is 23.5 Å². The van der Waals surface area contributed by atoms with Gasteiger partial charge in [-0.25, -0.2) is 0 Å². The molecule has 2 aliphatic heterocycles. The van der Waals surface area contributed by atoms with Crippen LogP contribution < -0.4 is 0 Å². The fourth-order valence-electron chi connectivity index (χ4n) is 2.58. The highest BCUT2D eigenvalue weighted by atomic mass is 32.2. The van der Waals surface area contributed by atoms with Gasteiger partial charge in [0, 0.05) is 9.81 Å². The molecule has 0 atom stereocenters. The van der Waals surface area contributed by atoms with Crippen LogP contribution in [-0.4, -0.2) is 12.5 Å². The maximum Gasteiger partial charge on any atom is 0.0549 e. The summed E-state index contributed by atoms with van der Waals surface area (Å²) in [6, 6.07) is 0. The van der Waals surface area contributed by atoms with Crippen LogP contribution in [0.4, 0.5) is 0 Å². The van der Waals surface area contributed by atoms with E-state index >= 15 is 0 Å². The third-order valence-corrected chi connectivity index (χ3v) is 11.8. The fraction of sp³-hybridized carbons (Fsp3) is 0.556. The number of allylic oxidation sites excluding steroid dienone is 4. The van der Waals surface area contributed by atoms with E-state index in [0.717, 1.165) is 0 Å². The molecule has 0 saturated heterocycles. The van der Waals surface area contributed by atoms with E-state index in [2.05, 4.69) is 40.2 Å². The molecule has 0 fully saturated rings. The highest BCUT2D eigenvalue weighted by molar-refractivity contribution is 8.36. The third-order valence-electron chi connectivity index (χ3n) is 3.67. The van der Waals surface area contributed by atoms with Crippen molar-refractivity contribution in [1.29, 1.82) is 0 Å². The summed E-state index contributed by atoms with van der Waals surface area (Å²) in [5.74, 6) is 0. The lowest BCUT2D eigenvalue weighted by atomic mass is 10.0. The summed E-state index contributed by atoms with van der Waals surface area (Å²) in [4.78, 5) is 2.95. The molecule has 6 heteroatoms. The standard InChI is InChI=1S/C18H26S6/c1-7-9-13(17-21-11(3)15(19-5)23-17)14(10-8-2)18-22-12(4)16(20-6)24-18/h7-10H2,1-6H3/b17-13-,18-14-. The van der Waals surface area contributed by atoms with Crippen LogP contribution in [0.25, 0.3) is 0 Å². The van der Waals surface area contributed by atoms with Crippen LogP contribution in [0.15, 0.2) is 37.9 Å². The van der Waals surface area contributed by atoms with Gasteiger partial charge in [0.15, 0.2) is 0 Å². The van der Waals surface area contributed by atoms with Crippen LogP contribution in [0.2, 0.25) is 0 Å². The summed E-state index contributed by atoms with van der Waals surface area (Å²) in [5, 5.41) is 0. The number of rotatable bonds is 7. The Balaban J connectivity index is 2.41. The fourth-order valence-corrected chi connectivity index (χ4v) is 10.2. The molecule has 2 rings (SSSR count). The Hall–Kier alpha value is 1.06. The normalized spacial score (nSPS) is 22.8. The van der Waals surface area contributed by atoms with Gasteiger partial charge in [-0.2, -0.15) is 0 Å². The Bertz CT molecular complexity index is 555. The predicted molar refractivity (Wildman–Crippen MR) is 127 cm³/mol. The zero-order valence-electron chi connectivity index (χ0n) is 15.3. The van der Waals surface area contributed by atoms with Gasteiger partial charge in [0.1, 0.15) is 0 Å². The second-order valence-electron chi connectivity index (χ2n) is 5.54. The van der Waals surface area contributed by atoms with Gasteiger partial charge in [-0.3, -0.25) is 0 Å². The van der Waals surface area contributed by atoms with E-state index in [4.69, 9.17) is 0 Å². The molecule has 0 aromatic heterocycles. The summed E-state index contributed by atoms with van der Waals surface area (Å²) >= 11 is 11.8. The van der Waals surface area contributed by atoms with E-state index in [9.17, 15) is 0 Å². The van der Waals surface area contributed by atoms with Crippen molar-refractivity contribution in [3.8, 4) is 0 Å². The first-order valence-electron chi connectivity index (χ1n) is 8.23. The highest BCUT2D eigenvalue weighted by Crippen LogP contribution is 2.59. The van der Waals surface area contributed by atoms with Crippen molar-refractivity contribution in [2.75, 3.05) is 12.5 Å². The second-order valence-corrected chi connectivity index (χ2v) is 12.7. The molecule has 0 radical (unpaired) electrons. The molecular weight excluding hydrogens is 409 g/mol. The number of hydrogen-bond donors (Lipinski definition) is 0. The van der Waals surface area contributed by atoms with Crippen LogP contribution >= 0.6 is 70.6 Å². The molecule has 134 valence electrons. The number of thioether (sulfide) groups is 6. The van der Waals surface area contributed by atoms with E-state index in [1.807, 2.05) is 70.6 Å². The molecule has 0 aromatic carbocycles. The van der Waals surface area contributed by atoms with Crippen molar-refractivity contribution in [3.63, 3.8) is 0 Å². The van der Waals surface area contributed by atoms with Crippen LogP contribution in [0.1, 0.15) is 53.4 Å². The Kier molecular flexibility index (Phi) is 9.26. The van der Waals surface area contributed by atoms with Crippen molar-refractivity contribution in [2.24, 2.45) is 0 Å². The molecule has 0 amide bonds. The smallest absolute Gasteiger partial charge is 0.0549 e. The van der Waals surface area contributed by atoms with Crippen LogP contribution in [0.5, 0.6) is 0 Å². The summed E-state index contributed by atoms with van der Waals surface area (Å²) in [6.45, 7) is 9.15. The molecule has 0 spiro atoms. The number of hydrogen-bond acceptors (Lipinski definition) is 6. The minimum absolute atomic E-state index is 1.19. The Labute approximate surface area is 173 Å². The zero-order valence-corrected chi connectivity index (χ0v) is 20.2. The van der Waals surface area contributed by atoms with Crippen molar-refractivity contribution in [3.05, 3.63) is 37.9 Å². The average Bonchev–Trinajstić information content (AvgIpc) is 3.13. The van der Waals surface area contributed by atoms with E-state index in [-0.39, 0.29) is 0 Å². The predicted octanol–water partition coefficient (Wildman–Crippen LogP) is 9.07. The van der Waals surface area contributed by atoms with Gasteiger partial charge in [-0.05, 0) is 50.3 Å². The maximum absolute atomic E-state index is 2.31. The van der Waals surface area contributed by atoms with Crippen LogP contribution in [0.3, 0.4) is 0 Å². The molecule has 0 saturated carbocycles. The molecule has 0 aliphatic carbocycles. The molecule has 2 aliphatic rings. The van der Waals surface area contributed by atoms with Gasteiger partial charge in [0.2, 0.25) is 0 Å². The lowest BCUT2D eigenvalue weighted by Gasteiger charge is -2.17. The molecule has 0 bridgehead atoms. The first-order valence-corrected chi connectivity index (χ1v) is 13.9. The van der Waals surface area contributed by atoms with Crippen molar-refractivity contribution >= 4 is 70.6 Å². The van der Waals surface area contributed by atoms with Crippen molar-refractivity contribution in [2.45, 2.75) is 53.4 Å². The summed E-state index contributed by atoms with van der Waals surface area (Å²) in [5.41, 5.74) is 3.23. The quantitative estimate of drug-likeness (QED) is 0.389. The molecule has 0 N–H and O–H groups in total. The molecule has 24 heavy (non-hydrogen) atoms. The Morgan fingerprint density at radius 2 is 1.08 bits per heavy atom. The topological polar surface area (TPSA) is 0 Å². The van der Waals surface area contributed by atoms with Gasteiger partial charge in [0.25, 0.3) is 0 Å². The van der Waals surface area contributed by atoms with E-state index < -0.39 is 0 Å². The molecule has 0 aromatic rings. The average molecular weight is 435 g/mol. The van der Waals surface area contributed by atoms with E-state index in [0.29, 0.717) is 0 Å². The van der Waals surface area contributed by atoms with Gasteiger partial charge in [0.05, 0.1) is 16.9 Å². The third kappa shape index (κ3) is 5.07. The molecule has 2 heterocycles. The SMILES string of the molecule is CCCC(=C1\SC(C)=C(SC)S1)/C(CCC)=C1/SC(C)=C(SC)S1. The lowest BCUT2D eigenvalue weighted by molar-refractivity contribution is 0.854. The zero-order chi connectivity index (χ0) is 17.7. The lowest BCUT2D eigenvalue weighted by Crippen LogP contribution is -1.95. The summed E-state index contributed by atoms with van der Waals surface area (Å²) in [6.07, 6.45) is 9.20. The van der Waals surface area contributed by atoms with Crippen LogP contribution in [-0.2, 0) is 0 Å². The summed E-state index contributed by atoms with van der Waals surface area (Å²) < 4.78 is 6.03. The second kappa shape index (κ2) is 10.4.